The second-order valence-electron chi connectivity index (χ2n) is 4.37. The summed E-state index contributed by atoms with van der Waals surface area (Å²) in [7, 11) is -3.69. The van der Waals surface area contributed by atoms with Gasteiger partial charge in [0.25, 0.3) is 0 Å². The summed E-state index contributed by atoms with van der Waals surface area (Å²) in [6.07, 6.45) is 0. The van der Waals surface area contributed by atoms with Crippen molar-refractivity contribution in [3.8, 4) is 0 Å². The molecule has 3 nitrogen and oxygen atoms in total. The summed E-state index contributed by atoms with van der Waals surface area (Å²) in [5.41, 5.74) is 0.401. The Kier molecular flexibility index (Phi) is 4.40. The fourth-order valence-electron chi connectivity index (χ4n) is 1.83. The molecule has 0 aliphatic heterocycles. The van der Waals surface area contributed by atoms with E-state index in [2.05, 4.69) is 15.9 Å². The van der Waals surface area contributed by atoms with Crippen LogP contribution >= 0.6 is 15.9 Å². The molecule has 0 aliphatic rings. The third-order valence-electron chi connectivity index (χ3n) is 3.02. The van der Waals surface area contributed by atoms with Crippen LogP contribution in [0.2, 0.25) is 0 Å². The molecule has 0 spiro atoms. The van der Waals surface area contributed by atoms with Gasteiger partial charge in [0, 0.05) is 10.0 Å². The SMILES string of the molecule is CC(C(=O)c1ccccc1)S(=O)(=O)c1cccc(Br)c1. The molecule has 20 heavy (non-hydrogen) atoms. The number of halogens is 1. The lowest BCUT2D eigenvalue weighted by atomic mass is 10.1. The fraction of sp³-hybridized carbons (Fsp3) is 0.133. The first kappa shape index (κ1) is 14.9. The highest BCUT2D eigenvalue weighted by Crippen LogP contribution is 2.22. The van der Waals surface area contributed by atoms with Crippen LogP contribution in [0.5, 0.6) is 0 Å². The Morgan fingerprint density at radius 3 is 2.30 bits per heavy atom. The van der Waals surface area contributed by atoms with Crippen LogP contribution in [0.4, 0.5) is 0 Å². The molecule has 0 amide bonds. The number of rotatable bonds is 4. The second-order valence-corrected chi connectivity index (χ2v) is 7.56. The number of carbonyl (C=O) groups excluding carboxylic acids is 1. The topological polar surface area (TPSA) is 51.2 Å². The Morgan fingerprint density at radius 1 is 1.05 bits per heavy atom. The van der Waals surface area contributed by atoms with E-state index in [0.717, 1.165) is 0 Å². The predicted molar refractivity (Wildman–Crippen MR) is 81.6 cm³/mol. The van der Waals surface area contributed by atoms with Gasteiger partial charge in [-0.25, -0.2) is 8.42 Å². The fourth-order valence-corrected chi connectivity index (χ4v) is 3.76. The van der Waals surface area contributed by atoms with Crippen LogP contribution < -0.4 is 0 Å². The monoisotopic (exact) mass is 352 g/mol. The van der Waals surface area contributed by atoms with Crippen LogP contribution in [-0.2, 0) is 9.84 Å². The first-order valence-corrected chi connectivity index (χ1v) is 8.35. The van der Waals surface area contributed by atoms with Crippen molar-refractivity contribution in [2.24, 2.45) is 0 Å². The highest BCUT2D eigenvalue weighted by molar-refractivity contribution is 9.10. The van der Waals surface area contributed by atoms with Gasteiger partial charge in [-0.1, -0.05) is 52.3 Å². The zero-order chi connectivity index (χ0) is 14.8. The van der Waals surface area contributed by atoms with E-state index in [9.17, 15) is 13.2 Å². The number of ketones is 1. The van der Waals surface area contributed by atoms with E-state index in [1.54, 1.807) is 42.5 Å². The third-order valence-corrected chi connectivity index (χ3v) is 5.57. The molecule has 2 aromatic carbocycles. The Bertz CT molecular complexity index is 724. The molecule has 5 heteroatoms. The Labute approximate surface area is 126 Å². The maximum absolute atomic E-state index is 12.5. The molecule has 2 aromatic rings. The van der Waals surface area contributed by atoms with Crippen molar-refractivity contribution in [3.05, 3.63) is 64.6 Å². The maximum Gasteiger partial charge on any atom is 0.188 e. The predicted octanol–water partition coefficient (Wildman–Crippen LogP) is 3.49. The summed E-state index contributed by atoms with van der Waals surface area (Å²) in [5, 5.41) is -1.11. The van der Waals surface area contributed by atoms with E-state index in [1.165, 1.54) is 19.1 Å². The number of benzene rings is 2. The van der Waals surface area contributed by atoms with E-state index < -0.39 is 20.9 Å². The van der Waals surface area contributed by atoms with Crippen LogP contribution in [0, 0.1) is 0 Å². The first-order valence-electron chi connectivity index (χ1n) is 6.01. The maximum atomic E-state index is 12.5. The van der Waals surface area contributed by atoms with Gasteiger partial charge in [0.1, 0.15) is 5.25 Å². The van der Waals surface area contributed by atoms with Gasteiger partial charge in [-0.2, -0.15) is 0 Å². The van der Waals surface area contributed by atoms with Crippen molar-refractivity contribution >= 4 is 31.6 Å². The average molecular weight is 353 g/mol. The van der Waals surface area contributed by atoms with Crippen LogP contribution in [0.1, 0.15) is 17.3 Å². The first-order chi connectivity index (χ1) is 9.43. The van der Waals surface area contributed by atoms with Crippen LogP contribution in [0.3, 0.4) is 0 Å². The summed E-state index contributed by atoms with van der Waals surface area (Å²) >= 11 is 3.24. The molecule has 0 saturated heterocycles. The molecule has 0 N–H and O–H groups in total. The molecule has 0 saturated carbocycles. The molecular weight excluding hydrogens is 340 g/mol. The van der Waals surface area contributed by atoms with Gasteiger partial charge in [-0.3, -0.25) is 4.79 Å². The van der Waals surface area contributed by atoms with E-state index in [0.29, 0.717) is 10.0 Å². The minimum Gasteiger partial charge on any atom is -0.293 e. The summed E-state index contributed by atoms with van der Waals surface area (Å²) in [4.78, 5) is 12.4. The number of Topliss-reactive ketones (excluding diaryl/α,β-unsaturated/α-hetero) is 1. The minimum atomic E-state index is -3.69. The van der Waals surface area contributed by atoms with Crippen molar-refractivity contribution in [1.29, 1.82) is 0 Å². The van der Waals surface area contributed by atoms with E-state index in [1.807, 2.05) is 0 Å². The Hall–Kier alpha value is -1.46. The van der Waals surface area contributed by atoms with Gasteiger partial charge in [-0.15, -0.1) is 0 Å². The Morgan fingerprint density at radius 2 is 1.70 bits per heavy atom. The van der Waals surface area contributed by atoms with Gasteiger partial charge in [0.05, 0.1) is 4.90 Å². The van der Waals surface area contributed by atoms with Crippen molar-refractivity contribution < 1.29 is 13.2 Å². The second kappa shape index (κ2) is 5.89. The molecule has 0 radical (unpaired) electrons. The van der Waals surface area contributed by atoms with Crippen molar-refractivity contribution in [2.75, 3.05) is 0 Å². The van der Waals surface area contributed by atoms with Crippen LogP contribution in [-0.4, -0.2) is 19.5 Å². The third kappa shape index (κ3) is 2.99. The van der Waals surface area contributed by atoms with Crippen LogP contribution in [0.15, 0.2) is 64.0 Å². The van der Waals surface area contributed by atoms with E-state index in [4.69, 9.17) is 0 Å². The molecule has 0 heterocycles. The highest BCUT2D eigenvalue weighted by atomic mass is 79.9. The zero-order valence-electron chi connectivity index (χ0n) is 10.8. The van der Waals surface area contributed by atoms with Crippen molar-refractivity contribution in [1.82, 2.24) is 0 Å². The lowest BCUT2D eigenvalue weighted by molar-refractivity contribution is 0.0991. The van der Waals surface area contributed by atoms with Crippen LogP contribution in [0.25, 0.3) is 0 Å². The molecular formula is C15H13BrO3S. The summed E-state index contributed by atoms with van der Waals surface area (Å²) in [6.45, 7) is 1.42. The molecule has 1 atom stereocenters. The molecule has 2 rings (SSSR count). The van der Waals surface area contributed by atoms with E-state index in [-0.39, 0.29) is 4.90 Å². The number of hydrogen-bond acceptors (Lipinski definition) is 3. The normalized spacial score (nSPS) is 12.9. The average Bonchev–Trinajstić information content (AvgIpc) is 2.46. The lowest BCUT2D eigenvalue weighted by Crippen LogP contribution is -2.27. The highest BCUT2D eigenvalue weighted by Gasteiger charge is 2.30. The number of sulfone groups is 1. The smallest absolute Gasteiger partial charge is 0.188 e. The molecule has 104 valence electrons. The molecule has 0 aromatic heterocycles. The molecule has 0 fully saturated rings. The van der Waals surface area contributed by atoms with Gasteiger partial charge < -0.3 is 0 Å². The number of hydrogen-bond donors (Lipinski definition) is 0. The summed E-state index contributed by atoms with van der Waals surface area (Å²) in [6, 6.07) is 14.8. The van der Waals surface area contributed by atoms with Gasteiger partial charge in [-0.05, 0) is 25.1 Å². The van der Waals surface area contributed by atoms with Gasteiger partial charge in [0.2, 0.25) is 0 Å². The standard InChI is InChI=1S/C15H13BrO3S/c1-11(15(17)12-6-3-2-4-7-12)20(18,19)14-9-5-8-13(16)10-14/h2-11H,1H3. The minimum absolute atomic E-state index is 0.142. The summed E-state index contributed by atoms with van der Waals surface area (Å²) in [5.74, 6) is -0.398. The zero-order valence-corrected chi connectivity index (χ0v) is 13.2. The Balaban J connectivity index is 2.37. The molecule has 0 aliphatic carbocycles. The van der Waals surface area contributed by atoms with Gasteiger partial charge >= 0.3 is 0 Å². The number of carbonyl (C=O) groups is 1. The van der Waals surface area contributed by atoms with Crippen molar-refractivity contribution in [2.45, 2.75) is 17.1 Å². The lowest BCUT2D eigenvalue weighted by Gasteiger charge is -2.12. The molecule has 1 unspecified atom stereocenters. The quantitative estimate of drug-likeness (QED) is 0.791. The van der Waals surface area contributed by atoms with Crippen molar-refractivity contribution in [3.63, 3.8) is 0 Å². The van der Waals surface area contributed by atoms with E-state index >= 15 is 0 Å². The largest absolute Gasteiger partial charge is 0.293 e. The van der Waals surface area contributed by atoms with Gasteiger partial charge in [0.15, 0.2) is 15.6 Å². The summed E-state index contributed by atoms with van der Waals surface area (Å²) < 4.78 is 25.6. The molecule has 0 bridgehead atoms.